The Morgan fingerprint density at radius 3 is 2.16 bits per heavy atom. The van der Waals surface area contributed by atoms with Crippen molar-refractivity contribution in [2.24, 2.45) is 0 Å². The number of nitrogens with one attached hydrogen (secondary N) is 2. The third kappa shape index (κ3) is 7.44. The highest BCUT2D eigenvalue weighted by molar-refractivity contribution is 7.98. The number of carbonyl (C=O) groups excluding carboxylic acids is 2. The fourth-order valence-corrected chi connectivity index (χ4v) is 4.69. The third-order valence-electron chi connectivity index (χ3n) is 5.68. The Bertz CT molecular complexity index is 1330. The van der Waals surface area contributed by atoms with E-state index in [1.165, 1.54) is 29.8 Å². The van der Waals surface area contributed by atoms with Gasteiger partial charge < -0.3 is 15.4 Å². The number of ether oxygens (including phenoxy) is 1. The lowest BCUT2D eigenvalue weighted by atomic mass is 10.0. The Kier molecular flexibility index (Phi) is 8.94. The molecule has 4 rings (SSSR count). The van der Waals surface area contributed by atoms with Crippen LogP contribution in [0.5, 0.6) is 5.75 Å². The second kappa shape index (κ2) is 12.7. The number of carbonyl (C=O) groups is 2. The third-order valence-corrected chi connectivity index (χ3v) is 6.81. The summed E-state index contributed by atoms with van der Waals surface area (Å²) in [7, 11) is 1.59. The molecule has 7 heteroatoms. The normalized spacial score (nSPS) is 11.4. The van der Waals surface area contributed by atoms with Gasteiger partial charge >= 0.3 is 0 Å². The largest absolute Gasteiger partial charge is 0.496 e. The number of thioether (sulfide) groups is 1. The van der Waals surface area contributed by atoms with Gasteiger partial charge in [0.1, 0.15) is 17.6 Å². The van der Waals surface area contributed by atoms with Gasteiger partial charge in [-0.25, -0.2) is 4.39 Å². The maximum atomic E-state index is 13.3. The van der Waals surface area contributed by atoms with Crippen LogP contribution in [0.15, 0.2) is 108 Å². The SMILES string of the molecule is COc1cc(NC(=O)[C@H](Cc2ccccc2)NC(=O)c2ccc(F)cc2)ccc1SCc1ccccc1. The first-order valence-electron chi connectivity index (χ1n) is 11.8. The van der Waals surface area contributed by atoms with Crippen LogP contribution in [0.3, 0.4) is 0 Å². The van der Waals surface area contributed by atoms with Gasteiger partial charge in [-0.1, -0.05) is 60.7 Å². The first kappa shape index (κ1) is 26.0. The summed E-state index contributed by atoms with van der Waals surface area (Å²) in [4.78, 5) is 27.1. The maximum Gasteiger partial charge on any atom is 0.251 e. The monoisotopic (exact) mass is 514 g/mol. The highest BCUT2D eigenvalue weighted by Crippen LogP contribution is 2.34. The first-order chi connectivity index (χ1) is 18.0. The molecule has 0 aliphatic rings. The second-order valence-electron chi connectivity index (χ2n) is 8.35. The Morgan fingerprint density at radius 2 is 1.51 bits per heavy atom. The summed E-state index contributed by atoms with van der Waals surface area (Å²) in [6.07, 6.45) is 0.293. The smallest absolute Gasteiger partial charge is 0.251 e. The lowest BCUT2D eigenvalue weighted by molar-refractivity contribution is -0.118. The number of rotatable bonds is 10. The van der Waals surface area contributed by atoms with Crippen molar-refractivity contribution in [1.82, 2.24) is 5.32 Å². The molecular formula is C30H27FN2O3S. The molecule has 2 amide bonds. The highest BCUT2D eigenvalue weighted by Gasteiger charge is 2.23. The molecule has 0 aliphatic heterocycles. The zero-order valence-corrected chi connectivity index (χ0v) is 21.1. The van der Waals surface area contributed by atoms with Crippen LogP contribution in [0, 0.1) is 5.82 Å². The zero-order valence-electron chi connectivity index (χ0n) is 20.3. The summed E-state index contributed by atoms with van der Waals surface area (Å²) in [5.41, 5.74) is 2.92. The van der Waals surface area contributed by atoms with Crippen molar-refractivity contribution in [3.8, 4) is 5.75 Å². The van der Waals surface area contributed by atoms with Gasteiger partial charge in [-0.3, -0.25) is 9.59 Å². The van der Waals surface area contributed by atoms with E-state index in [1.807, 2.05) is 60.7 Å². The molecule has 0 spiro atoms. The van der Waals surface area contributed by atoms with E-state index in [2.05, 4.69) is 22.8 Å². The van der Waals surface area contributed by atoms with E-state index < -0.39 is 17.8 Å². The van der Waals surface area contributed by atoms with Crippen molar-refractivity contribution in [3.05, 3.63) is 126 Å². The molecule has 0 saturated carbocycles. The molecule has 1 atom stereocenters. The summed E-state index contributed by atoms with van der Waals surface area (Å²) in [6, 6.07) is 29.4. The number of hydrogen-bond donors (Lipinski definition) is 2. The molecule has 37 heavy (non-hydrogen) atoms. The average molecular weight is 515 g/mol. The van der Waals surface area contributed by atoms with Gasteiger partial charge in [-0.2, -0.15) is 0 Å². The second-order valence-corrected chi connectivity index (χ2v) is 9.37. The van der Waals surface area contributed by atoms with E-state index in [-0.39, 0.29) is 11.5 Å². The molecule has 0 aromatic heterocycles. The lowest BCUT2D eigenvalue weighted by Gasteiger charge is -2.19. The number of benzene rings is 4. The summed E-state index contributed by atoms with van der Waals surface area (Å²) in [6.45, 7) is 0. The van der Waals surface area contributed by atoms with Gasteiger partial charge in [0.2, 0.25) is 5.91 Å². The standard InChI is InChI=1S/C30H27FN2O3S/c1-36-27-19-25(16-17-28(27)37-20-22-10-6-3-7-11-22)32-30(35)26(18-21-8-4-2-5-9-21)33-29(34)23-12-14-24(31)15-13-23/h2-17,19,26H,18,20H2,1H3,(H,32,35)(H,33,34)/t26-/m0/s1. The van der Waals surface area contributed by atoms with Crippen molar-refractivity contribution >= 4 is 29.3 Å². The summed E-state index contributed by atoms with van der Waals surface area (Å²) >= 11 is 1.65. The van der Waals surface area contributed by atoms with Crippen LogP contribution in [0.4, 0.5) is 10.1 Å². The topological polar surface area (TPSA) is 67.4 Å². The molecular weight excluding hydrogens is 487 g/mol. The number of halogens is 1. The summed E-state index contributed by atoms with van der Waals surface area (Å²) in [5.74, 6) is 0.174. The predicted octanol–water partition coefficient (Wildman–Crippen LogP) is 6.11. The fourth-order valence-electron chi connectivity index (χ4n) is 3.73. The van der Waals surface area contributed by atoms with E-state index >= 15 is 0 Å². The van der Waals surface area contributed by atoms with Crippen molar-refractivity contribution in [3.63, 3.8) is 0 Å². The van der Waals surface area contributed by atoms with Crippen molar-refractivity contribution in [1.29, 1.82) is 0 Å². The zero-order chi connectivity index (χ0) is 26.0. The van der Waals surface area contributed by atoms with Crippen LogP contribution in [0.1, 0.15) is 21.5 Å². The minimum atomic E-state index is -0.849. The minimum absolute atomic E-state index is 0.272. The number of hydrogen-bond acceptors (Lipinski definition) is 4. The molecule has 0 heterocycles. The molecule has 188 valence electrons. The van der Waals surface area contributed by atoms with Crippen LogP contribution in [0.25, 0.3) is 0 Å². The minimum Gasteiger partial charge on any atom is -0.496 e. The Hall–Kier alpha value is -4.10. The number of methoxy groups -OCH3 is 1. The molecule has 4 aromatic rings. The van der Waals surface area contributed by atoms with Gasteiger partial charge in [0.05, 0.1) is 7.11 Å². The van der Waals surface area contributed by atoms with E-state index in [1.54, 1.807) is 24.9 Å². The quantitative estimate of drug-likeness (QED) is 0.251. The van der Waals surface area contributed by atoms with Crippen LogP contribution in [-0.2, 0) is 17.0 Å². The molecule has 4 aromatic carbocycles. The van der Waals surface area contributed by atoms with Gasteiger partial charge in [0, 0.05) is 34.4 Å². The lowest BCUT2D eigenvalue weighted by Crippen LogP contribution is -2.45. The Labute approximate surface area is 220 Å². The first-order valence-corrected chi connectivity index (χ1v) is 12.8. The van der Waals surface area contributed by atoms with Gasteiger partial charge in [-0.05, 0) is 47.5 Å². The summed E-state index contributed by atoms with van der Waals surface area (Å²) < 4.78 is 18.9. The van der Waals surface area contributed by atoms with Gasteiger partial charge in [-0.15, -0.1) is 11.8 Å². The van der Waals surface area contributed by atoms with E-state index in [0.717, 1.165) is 16.2 Å². The van der Waals surface area contributed by atoms with Crippen LogP contribution >= 0.6 is 11.8 Å². The summed E-state index contributed by atoms with van der Waals surface area (Å²) in [5, 5.41) is 5.69. The van der Waals surface area contributed by atoms with Gasteiger partial charge in [0.15, 0.2) is 0 Å². The van der Waals surface area contributed by atoms with Crippen molar-refractivity contribution in [2.45, 2.75) is 23.1 Å². The Balaban J connectivity index is 1.48. The van der Waals surface area contributed by atoms with Gasteiger partial charge in [0.25, 0.3) is 5.91 Å². The molecule has 0 aliphatic carbocycles. The molecule has 0 radical (unpaired) electrons. The number of anilines is 1. The van der Waals surface area contributed by atoms with Crippen LogP contribution in [-0.4, -0.2) is 25.0 Å². The van der Waals surface area contributed by atoms with E-state index in [4.69, 9.17) is 4.74 Å². The molecule has 0 saturated heterocycles. The van der Waals surface area contributed by atoms with Crippen LogP contribution < -0.4 is 15.4 Å². The van der Waals surface area contributed by atoms with Crippen molar-refractivity contribution in [2.75, 3.05) is 12.4 Å². The number of amides is 2. The van der Waals surface area contributed by atoms with Crippen LogP contribution in [0.2, 0.25) is 0 Å². The Morgan fingerprint density at radius 1 is 0.865 bits per heavy atom. The molecule has 5 nitrogen and oxygen atoms in total. The fraction of sp³-hybridized carbons (Fsp3) is 0.133. The molecule has 0 bridgehead atoms. The molecule has 2 N–H and O–H groups in total. The van der Waals surface area contributed by atoms with Crippen molar-refractivity contribution < 1.29 is 18.7 Å². The predicted molar refractivity (Wildman–Crippen MR) is 145 cm³/mol. The average Bonchev–Trinajstić information content (AvgIpc) is 2.93. The maximum absolute atomic E-state index is 13.3. The highest BCUT2D eigenvalue weighted by atomic mass is 32.2. The van der Waals surface area contributed by atoms with E-state index in [9.17, 15) is 14.0 Å². The molecule has 0 fully saturated rings. The molecule has 0 unspecified atom stereocenters. The van der Waals surface area contributed by atoms with E-state index in [0.29, 0.717) is 17.9 Å².